The van der Waals surface area contributed by atoms with Gasteiger partial charge in [0.05, 0.1) is 4.92 Å². The van der Waals surface area contributed by atoms with E-state index in [0.29, 0.717) is 18.2 Å². The summed E-state index contributed by atoms with van der Waals surface area (Å²) in [5.41, 5.74) is 0.303. The van der Waals surface area contributed by atoms with Crippen molar-refractivity contribution in [2.75, 3.05) is 20.1 Å². The van der Waals surface area contributed by atoms with Gasteiger partial charge in [-0.15, -0.1) is 0 Å². The van der Waals surface area contributed by atoms with Gasteiger partial charge in [0.25, 0.3) is 11.6 Å². The maximum absolute atomic E-state index is 12.3. The number of amides is 1. The molecule has 108 valence electrons. The highest BCUT2D eigenvalue weighted by Crippen LogP contribution is 2.15. The zero-order valence-electron chi connectivity index (χ0n) is 11.5. The molecule has 0 saturated carbocycles. The number of nitrogens with one attached hydrogen (secondary N) is 1. The molecule has 1 amide bonds. The number of non-ortho nitro benzene ring substituents is 1. The number of hydrogen-bond donors (Lipinski definition) is 1. The lowest BCUT2D eigenvalue weighted by atomic mass is 10.0. The summed E-state index contributed by atoms with van der Waals surface area (Å²) in [6, 6.07) is 6.18. The average Bonchev–Trinajstić information content (AvgIpc) is 2.47. The number of hydrogen-bond acceptors (Lipinski definition) is 4. The first-order valence-corrected chi connectivity index (χ1v) is 6.81. The van der Waals surface area contributed by atoms with Crippen molar-refractivity contribution in [3.8, 4) is 0 Å². The van der Waals surface area contributed by atoms with Gasteiger partial charge in [-0.3, -0.25) is 14.9 Å². The van der Waals surface area contributed by atoms with E-state index in [0.717, 1.165) is 13.0 Å². The summed E-state index contributed by atoms with van der Waals surface area (Å²) in [4.78, 5) is 24.1. The predicted octanol–water partition coefficient (Wildman–Crippen LogP) is 1.81. The van der Waals surface area contributed by atoms with E-state index in [-0.39, 0.29) is 11.6 Å². The maximum Gasteiger partial charge on any atom is 0.270 e. The third-order valence-corrected chi connectivity index (χ3v) is 3.56. The number of nitro benzene ring substituents is 1. The fourth-order valence-electron chi connectivity index (χ4n) is 2.47. The van der Waals surface area contributed by atoms with Crippen molar-refractivity contribution in [1.29, 1.82) is 0 Å². The molecule has 1 saturated heterocycles. The number of carbonyl (C=O) groups excluding carboxylic acids is 1. The molecule has 1 heterocycles. The largest absolute Gasteiger partial charge is 0.340 e. The van der Waals surface area contributed by atoms with Gasteiger partial charge in [0.1, 0.15) is 0 Å². The lowest BCUT2D eigenvalue weighted by Gasteiger charge is -2.28. The lowest BCUT2D eigenvalue weighted by molar-refractivity contribution is -0.384. The van der Waals surface area contributed by atoms with Gasteiger partial charge in [-0.2, -0.15) is 0 Å². The van der Waals surface area contributed by atoms with Crippen LogP contribution in [-0.4, -0.2) is 41.9 Å². The molecule has 1 aromatic carbocycles. The van der Waals surface area contributed by atoms with Crippen molar-refractivity contribution in [1.82, 2.24) is 10.2 Å². The summed E-state index contributed by atoms with van der Waals surface area (Å²) < 4.78 is 0. The Hall–Kier alpha value is -1.95. The summed E-state index contributed by atoms with van der Waals surface area (Å²) in [6.45, 7) is 1.62. The molecule has 1 unspecified atom stereocenters. The molecule has 1 fully saturated rings. The molecule has 6 nitrogen and oxygen atoms in total. The van der Waals surface area contributed by atoms with Gasteiger partial charge >= 0.3 is 0 Å². The molecule has 1 aliphatic rings. The van der Waals surface area contributed by atoms with E-state index >= 15 is 0 Å². The minimum atomic E-state index is -0.487. The monoisotopic (exact) mass is 277 g/mol. The van der Waals surface area contributed by atoms with E-state index in [9.17, 15) is 14.9 Å². The second kappa shape index (κ2) is 6.47. The van der Waals surface area contributed by atoms with E-state index in [1.54, 1.807) is 18.0 Å². The SMILES string of the molecule is CN(CC1CCCCN1)C(=O)c1cccc([N+](=O)[O-])c1. The molecule has 0 aromatic heterocycles. The Morgan fingerprint density at radius 2 is 2.30 bits per heavy atom. The molecule has 20 heavy (non-hydrogen) atoms. The van der Waals surface area contributed by atoms with Crippen molar-refractivity contribution in [3.63, 3.8) is 0 Å². The number of likely N-dealkylation sites (N-methyl/N-ethyl adjacent to an activating group) is 1. The summed E-state index contributed by atoms with van der Waals surface area (Å²) in [6.07, 6.45) is 3.42. The van der Waals surface area contributed by atoms with Crippen molar-refractivity contribution >= 4 is 11.6 Å². The summed E-state index contributed by atoms with van der Waals surface area (Å²) in [5.74, 6) is -0.180. The number of rotatable bonds is 4. The lowest BCUT2D eigenvalue weighted by Crippen LogP contribution is -2.44. The third kappa shape index (κ3) is 3.54. The molecule has 0 bridgehead atoms. The standard InChI is InChI=1S/C14H19N3O3/c1-16(10-12-6-2-3-8-15-12)14(18)11-5-4-7-13(9-11)17(19)20/h4-5,7,9,12,15H,2-3,6,8,10H2,1H3. The number of nitrogens with zero attached hydrogens (tertiary/aromatic N) is 2. The molecular weight excluding hydrogens is 258 g/mol. The topological polar surface area (TPSA) is 75.5 Å². The normalized spacial score (nSPS) is 18.6. The van der Waals surface area contributed by atoms with E-state index in [1.165, 1.54) is 31.0 Å². The Morgan fingerprint density at radius 3 is 2.95 bits per heavy atom. The van der Waals surface area contributed by atoms with Crippen molar-refractivity contribution in [2.45, 2.75) is 25.3 Å². The van der Waals surface area contributed by atoms with Gasteiger partial charge < -0.3 is 10.2 Å². The number of carbonyl (C=O) groups is 1. The molecule has 0 aliphatic carbocycles. The van der Waals surface area contributed by atoms with Crippen LogP contribution in [0.1, 0.15) is 29.6 Å². The van der Waals surface area contributed by atoms with Gasteiger partial charge in [0.2, 0.25) is 0 Å². The molecule has 2 rings (SSSR count). The van der Waals surface area contributed by atoms with Gasteiger partial charge in [0.15, 0.2) is 0 Å². The second-order valence-corrected chi connectivity index (χ2v) is 5.14. The first-order valence-electron chi connectivity index (χ1n) is 6.81. The van der Waals surface area contributed by atoms with Crippen LogP contribution in [0, 0.1) is 10.1 Å². The quantitative estimate of drug-likeness (QED) is 0.672. The number of nitro groups is 1. The van der Waals surface area contributed by atoms with Crippen LogP contribution in [0.15, 0.2) is 24.3 Å². The number of benzene rings is 1. The molecule has 6 heteroatoms. The van der Waals surface area contributed by atoms with Gasteiger partial charge in [-0.1, -0.05) is 12.5 Å². The number of piperidine rings is 1. The van der Waals surface area contributed by atoms with E-state index < -0.39 is 4.92 Å². The second-order valence-electron chi connectivity index (χ2n) is 5.14. The first kappa shape index (κ1) is 14.5. The Kier molecular flexibility index (Phi) is 4.68. The zero-order valence-corrected chi connectivity index (χ0v) is 11.5. The molecule has 1 aliphatic heterocycles. The highest BCUT2D eigenvalue weighted by Gasteiger charge is 2.19. The van der Waals surface area contributed by atoms with Crippen molar-refractivity contribution in [3.05, 3.63) is 39.9 Å². The summed E-state index contributed by atoms with van der Waals surface area (Å²) >= 11 is 0. The predicted molar refractivity (Wildman–Crippen MR) is 75.7 cm³/mol. The Labute approximate surface area is 117 Å². The van der Waals surface area contributed by atoms with Crippen LogP contribution < -0.4 is 5.32 Å². The van der Waals surface area contributed by atoms with Crippen LogP contribution >= 0.6 is 0 Å². The van der Waals surface area contributed by atoms with Crippen LogP contribution in [0.5, 0.6) is 0 Å². The molecule has 1 atom stereocenters. The highest BCUT2D eigenvalue weighted by atomic mass is 16.6. The minimum Gasteiger partial charge on any atom is -0.340 e. The fourth-order valence-corrected chi connectivity index (χ4v) is 2.47. The van der Waals surface area contributed by atoms with Gasteiger partial charge in [-0.25, -0.2) is 0 Å². The first-order chi connectivity index (χ1) is 9.58. The maximum atomic E-state index is 12.3. The average molecular weight is 277 g/mol. The van der Waals surface area contributed by atoms with Gasteiger partial charge in [-0.05, 0) is 25.5 Å². The van der Waals surface area contributed by atoms with Crippen LogP contribution in [0.2, 0.25) is 0 Å². The zero-order chi connectivity index (χ0) is 14.5. The van der Waals surface area contributed by atoms with Crippen LogP contribution in [0.25, 0.3) is 0 Å². The minimum absolute atomic E-state index is 0.0555. The Morgan fingerprint density at radius 1 is 1.50 bits per heavy atom. The Balaban J connectivity index is 2.02. The van der Waals surface area contributed by atoms with Crippen molar-refractivity contribution < 1.29 is 9.72 Å². The molecular formula is C14H19N3O3. The van der Waals surface area contributed by atoms with E-state index in [1.807, 2.05) is 0 Å². The van der Waals surface area contributed by atoms with Crippen LogP contribution in [0.3, 0.4) is 0 Å². The van der Waals surface area contributed by atoms with E-state index in [2.05, 4.69) is 5.32 Å². The molecule has 0 spiro atoms. The van der Waals surface area contributed by atoms with Crippen LogP contribution in [-0.2, 0) is 0 Å². The Bertz CT molecular complexity index is 498. The van der Waals surface area contributed by atoms with E-state index in [4.69, 9.17) is 0 Å². The van der Waals surface area contributed by atoms with Crippen LogP contribution in [0.4, 0.5) is 5.69 Å². The summed E-state index contributed by atoms with van der Waals surface area (Å²) in [7, 11) is 1.73. The summed E-state index contributed by atoms with van der Waals surface area (Å²) in [5, 5.41) is 14.1. The fraction of sp³-hybridized carbons (Fsp3) is 0.500. The molecule has 1 aromatic rings. The molecule has 1 N–H and O–H groups in total. The molecule has 0 radical (unpaired) electrons. The smallest absolute Gasteiger partial charge is 0.270 e. The van der Waals surface area contributed by atoms with Gasteiger partial charge in [0, 0.05) is 37.3 Å². The van der Waals surface area contributed by atoms with Crippen molar-refractivity contribution in [2.24, 2.45) is 0 Å². The highest BCUT2D eigenvalue weighted by molar-refractivity contribution is 5.94. The third-order valence-electron chi connectivity index (χ3n) is 3.56.